The number of hydrogen-bond donors (Lipinski definition) is 1. The number of esters is 2. The summed E-state index contributed by atoms with van der Waals surface area (Å²) in [6, 6.07) is 3.51. The molecule has 26 heavy (non-hydrogen) atoms. The number of anilines is 1. The van der Waals surface area contributed by atoms with Crippen LogP contribution in [-0.2, 0) is 19.1 Å². The number of rotatable bonds is 5. The van der Waals surface area contributed by atoms with Gasteiger partial charge in [-0.15, -0.1) is 0 Å². The van der Waals surface area contributed by atoms with Crippen LogP contribution in [0.15, 0.2) is 30.0 Å². The van der Waals surface area contributed by atoms with Gasteiger partial charge in [0.1, 0.15) is 5.75 Å². The minimum absolute atomic E-state index is 0.100. The number of hydrogen-bond acceptors (Lipinski definition) is 6. The highest BCUT2D eigenvalue weighted by Crippen LogP contribution is 2.35. The van der Waals surface area contributed by atoms with Crippen molar-refractivity contribution in [3.8, 4) is 5.75 Å². The molecule has 1 aliphatic rings. The number of cyclic esters (lactones) is 2. The van der Waals surface area contributed by atoms with Crippen LogP contribution in [0, 0.1) is 0 Å². The molecule has 1 aromatic rings. The molecule has 1 fully saturated rings. The van der Waals surface area contributed by atoms with Crippen LogP contribution in [0.3, 0.4) is 0 Å². The van der Waals surface area contributed by atoms with E-state index >= 15 is 0 Å². The number of alkyl halides is 4. The summed E-state index contributed by atoms with van der Waals surface area (Å²) in [5.74, 6) is -3.84. The van der Waals surface area contributed by atoms with E-state index in [0.29, 0.717) is 0 Å². The van der Waals surface area contributed by atoms with Crippen LogP contribution in [0.2, 0.25) is 5.02 Å². The molecule has 2 rings (SSSR count). The van der Waals surface area contributed by atoms with Crippen molar-refractivity contribution in [3.63, 3.8) is 0 Å². The molecule has 0 aliphatic carbocycles. The van der Waals surface area contributed by atoms with Gasteiger partial charge in [0.2, 0.25) is 0 Å². The van der Waals surface area contributed by atoms with Crippen molar-refractivity contribution < 1.29 is 37.0 Å². The SMILES string of the molecule is CC1(C)OC(=O)C(=CNc2ccc(Cl)c(OC(F)(F)C(F)Cl)c2)C(=O)O1. The first-order chi connectivity index (χ1) is 11.9. The third kappa shape index (κ3) is 4.73. The van der Waals surface area contributed by atoms with Crippen molar-refractivity contribution in [2.45, 2.75) is 31.4 Å². The maximum absolute atomic E-state index is 13.3. The highest BCUT2D eigenvalue weighted by atomic mass is 35.5. The van der Waals surface area contributed by atoms with Crippen LogP contribution in [-0.4, -0.2) is 29.5 Å². The van der Waals surface area contributed by atoms with Gasteiger partial charge in [0.25, 0.3) is 11.4 Å². The van der Waals surface area contributed by atoms with Crippen LogP contribution in [0.1, 0.15) is 13.8 Å². The van der Waals surface area contributed by atoms with Crippen LogP contribution in [0.5, 0.6) is 5.75 Å². The van der Waals surface area contributed by atoms with Gasteiger partial charge in [0, 0.05) is 31.8 Å². The lowest BCUT2D eigenvalue weighted by Crippen LogP contribution is -2.42. The van der Waals surface area contributed by atoms with Crippen molar-refractivity contribution in [1.82, 2.24) is 0 Å². The molecule has 0 spiro atoms. The molecule has 1 aliphatic heterocycles. The van der Waals surface area contributed by atoms with E-state index in [1.165, 1.54) is 26.0 Å². The first-order valence-electron chi connectivity index (χ1n) is 6.99. The van der Waals surface area contributed by atoms with Gasteiger partial charge in [-0.2, -0.15) is 8.78 Å². The lowest BCUT2D eigenvalue weighted by Gasteiger charge is -2.29. The maximum Gasteiger partial charge on any atom is 0.444 e. The fraction of sp³-hybridized carbons (Fsp3) is 0.333. The molecule has 0 saturated carbocycles. The van der Waals surface area contributed by atoms with Gasteiger partial charge in [-0.25, -0.2) is 14.0 Å². The molecule has 0 bridgehead atoms. The summed E-state index contributed by atoms with van der Waals surface area (Å²) in [5.41, 5.74) is -3.44. The summed E-state index contributed by atoms with van der Waals surface area (Å²) in [7, 11) is 0. The highest BCUT2D eigenvalue weighted by molar-refractivity contribution is 6.32. The minimum Gasteiger partial charge on any atom is -0.428 e. The molecule has 1 heterocycles. The Morgan fingerprint density at radius 1 is 1.27 bits per heavy atom. The molecule has 11 heteroatoms. The summed E-state index contributed by atoms with van der Waals surface area (Å²) in [4.78, 5) is 23.6. The summed E-state index contributed by atoms with van der Waals surface area (Å²) in [6.07, 6.45) is -3.35. The van der Waals surface area contributed by atoms with E-state index in [9.17, 15) is 22.8 Å². The quantitative estimate of drug-likeness (QED) is 0.340. The molecule has 142 valence electrons. The molecule has 1 saturated heterocycles. The monoisotopic (exact) mass is 413 g/mol. The third-order valence-electron chi connectivity index (χ3n) is 2.93. The smallest absolute Gasteiger partial charge is 0.428 e. The van der Waals surface area contributed by atoms with E-state index in [1.807, 2.05) is 0 Å². The van der Waals surface area contributed by atoms with E-state index in [1.54, 1.807) is 0 Å². The molecule has 0 aromatic heterocycles. The summed E-state index contributed by atoms with van der Waals surface area (Å²) in [6.45, 7) is 2.76. The molecule has 1 atom stereocenters. The normalized spacial score (nSPS) is 17.9. The molecular weight excluding hydrogens is 402 g/mol. The summed E-state index contributed by atoms with van der Waals surface area (Å²) in [5, 5.41) is 2.27. The number of carbonyl (C=O) groups is 2. The van der Waals surface area contributed by atoms with Crippen LogP contribution >= 0.6 is 23.2 Å². The van der Waals surface area contributed by atoms with E-state index in [2.05, 4.69) is 10.1 Å². The topological polar surface area (TPSA) is 73.9 Å². The Hall–Kier alpha value is -2.13. The van der Waals surface area contributed by atoms with E-state index in [4.69, 9.17) is 32.7 Å². The first-order valence-corrected chi connectivity index (χ1v) is 7.80. The van der Waals surface area contributed by atoms with Gasteiger partial charge in [0.15, 0.2) is 5.57 Å². The zero-order valence-electron chi connectivity index (χ0n) is 13.3. The highest BCUT2D eigenvalue weighted by Gasteiger charge is 2.42. The molecular formula is C15H12Cl2F3NO5. The van der Waals surface area contributed by atoms with Gasteiger partial charge < -0.3 is 19.5 Å². The number of nitrogens with one attached hydrogen (secondary N) is 1. The molecule has 0 amide bonds. The number of halogens is 5. The van der Waals surface area contributed by atoms with Crippen LogP contribution in [0.4, 0.5) is 18.9 Å². The zero-order chi connectivity index (χ0) is 19.7. The van der Waals surface area contributed by atoms with E-state index < -0.39 is 40.8 Å². The number of carbonyl (C=O) groups excluding carboxylic acids is 2. The Bertz CT molecular complexity index is 746. The molecule has 0 radical (unpaired) electrons. The van der Waals surface area contributed by atoms with Gasteiger partial charge >= 0.3 is 18.0 Å². The van der Waals surface area contributed by atoms with Crippen molar-refractivity contribution in [1.29, 1.82) is 0 Å². The zero-order valence-corrected chi connectivity index (χ0v) is 14.8. The van der Waals surface area contributed by atoms with Gasteiger partial charge in [-0.3, -0.25) is 0 Å². The summed E-state index contributed by atoms with van der Waals surface area (Å²) >= 11 is 10.4. The largest absolute Gasteiger partial charge is 0.444 e. The second-order valence-corrected chi connectivity index (χ2v) is 6.28. The predicted octanol–water partition coefficient (Wildman–Crippen LogP) is 3.98. The van der Waals surface area contributed by atoms with Crippen molar-refractivity contribution in [2.24, 2.45) is 0 Å². The Labute approximate surface area is 155 Å². The Balaban J connectivity index is 2.19. The van der Waals surface area contributed by atoms with Gasteiger partial charge in [0.05, 0.1) is 5.02 Å². The second-order valence-electron chi connectivity index (χ2n) is 5.49. The van der Waals surface area contributed by atoms with Crippen molar-refractivity contribution in [3.05, 3.63) is 35.0 Å². The fourth-order valence-corrected chi connectivity index (χ4v) is 2.00. The Morgan fingerprint density at radius 3 is 2.38 bits per heavy atom. The van der Waals surface area contributed by atoms with E-state index in [0.717, 1.165) is 12.3 Å². The molecule has 1 aromatic carbocycles. The number of benzene rings is 1. The lowest BCUT2D eigenvalue weighted by atomic mass is 10.2. The predicted molar refractivity (Wildman–Crippen MR) is 85.7 cm³/mol. The van der Waals surface area contributed by atoms with E-state index in [-0.39, 0.29) is 10.7 Å². The fourth-order valence-electron chi connectivity index (χ4n) is 1.80. The second kappa shape index (κ2) is 7.24. The Morgan fingerprint density at radius 2 is 1.85 bits per heavy atom. The first kappa shape index (κ1) is 20.2. The average molecular weight is 414 g/mol. The Kier molecular flexibility index (Phi) is 5.62. The van der Waals surface area contributed by atoms with Gasteiger partial charge in [-0.1, -0.05) is 23.2 Å². The number of ether oxygens (including phenoxy) is 3. The van der Waals surface area contributed by atoms with Crippen LogP contribution in [0.25, 0.3) is 0 Å². The molecule has 1 N–H and O–H groups in total. The van der Waals surface area contributed by atoms with Gasteiger partial charge in [-0.05, 0) is 12.1 Å². The summed E-state index contributed by atoms with van der Waals surface area (Å²) < 4.78 is 53.1. The van der Waals surface area contributed by atoms with Crippen molar-refractivity contribution in [2.75, 3.05) is 5.32 Å². The minimum atomic E-state index is -4.31. The molecule has 1 unspecified atom stereocenters. The van der Waals surface area contributed by atoms with Crippen molar-refractivity contribution >= 4 is 40.8 Å². The lowest BCUT2D eigenvalue weighted by molar-refractivity contribution is -0.222. The maximum atomic E-state index is 13.3. The third-order valence-corrected chi connectivity index (χ3v) is 3.50. The van der Waals surface area contributed by atoms with Crippen LogP contribution < -0.4 is 10.1 Å². The molecule has 6 nitrogen and oxygen atoms in total. The standard InChI is InChI=1S/C15H12Cl2F3NO5/c1-14(2)25-11(22)8(12(23)26-14)6-21-7-3-4-9(16)10(5-7)24-15(19,20)13(17)18/h3-6,13,21H,1-2H3. The average Bonchev–Trinajstić information content (AvgIpc) is 2.47.